The van der Waals surface area contributed by atoms with Crippen LogP contribution in [0.5, 0.6) is 0 Å². The molecule has 1 aromatic heterocycles. The third-order valence-corrected chi connectivity index (χ3v) is 5.95. The molecule has 102 valence electrons. The van der Waals surface area contributed by atoms with E-state index in [4.69, 9.17) is 5.73 Å². The van der Waals surface area contributed by atoms with E-state index in [1.54, 1.807) is 17.8 Å². The number of rotatable bonds is 5. The van der Waals surface area contributed by atoms with Crippen molar-refractivity contribution in [1.82, 2.24) is 9.71 Å². The topological polar surface area (TPSA) is 88.0 Å². The minimum absolute atomic E-state index is 0.0428. The van der Waals surface area contributed by atoms with Crippen LogP contribution in [-0.4, -0.2) is 30.9 Å². The molecule has 1 aliphatic rings. The average molecular weight is 289 g/mol. The first kappa shape index (κ1) is 13.9. The molecule has 0 aliphatic heterocycles. The first-order chi connectivity index (χ1) is 8.56. The predicted octanol–water partition coefficient (Wildman–Crippen LogP) is 1.04. The summed E-state index contributed by atoms with van der Waals surface area (Å²) in [4.78, 5) is 3.14. The highest BCUT2D eigenvalue weighted by molar-refractivity contribution is 7.99. The van der Waals surface area contributed by atoms with Crippen molar-refractivity contribution in [2.75, 3.05) is 6.26 Å². The molecular weight excluding hydrogens is 270 g/mol. The third kappa shape index (κ3) is 2.90. The Morgan fingerprint density at radius 2 is 2.33 bits per heavy atom. The van der Waals surface area contributed by atoms with Crippen LogP contribution in [-0.2, 0) is 16.6 Å². The maximum absolute atomic E-state index is 12.2. The Bertz CT molecular complexity index is 498. The van der Waals surface area contributed by atoms with E-state index in [9.17, 15) is 8.42 Å². The maximum atomic E-state index is 12.2. The second-order valence-electron chi connectivity index (χ2n) is 4.50. The Labute approximate surface area is 112 Å². The highest BCUT2D eigenvalue weighted by atomic mass is 32.2. The van der Waals surface area contributed by atoms with E-state index in [0.717, 1.165) is 25.0 Å². The van der Waals surface area contributed by atoms with Crippen LogP contribution in [0, 0.1) is 0 Å². The average Bonchev–Trinajstić information content (AvgIpc) is 2.96. The second-order valence-corrected chi connectivity index (χ2v) is 7.29. The quantitative estimate of drug-likeness (QED) is 0.755. The third-order valence-electron chi connectivity index (χ3n) is 3.31. The van der Waals surface area contributed by atoms with Gasteiger partial charge in [0.15, 0.2) is 0 Å². The molecule has 18 heavy (non-hydrogen) atoms. The molecule has 0 radical (unpaired) electrons. The van der Waals surface area contributed by atoms with Gasteiger partial charge >= 0.3 is 0 Å². The smallest absolute Gasteiger partial charge is 0.242 e. The minimum Gasteiger partial charge on any atom is -0.363 e. The number of hydrogen-bond donors (Lipinski definition) is 3. The first-order valence-corrected chi connectivity index (χ1v) is 8.76. The van der Waals surface area contributed by atoms with Gasteiger partial charge in [0.2, 0.25) is 10.0 Å². The molecule has 0 amide bonds. The number of hydrogen-bond acceptors (Lipinski definition) is 4. The molecule has 2 unspecified atom stereocenters. The van der Waals surface area contributed by atoms with Gasteiger partial charge in [0.05, 0.1) is 4.90 Å². The summed E-state index contributed by atoms with van der Waals surface area (Å²) in [5, 5.41) is 0.382. The largest absolute Gasteiger partial charge is 0.363 e. The van der Waals surface area contributed by atoms with Crippen molar-refractivity contribution < 1.29 is 8.42 Å². The van der Waals surface area contributed by atoms with E-state index in [1.807, 2.05) is 6.26 Å². The monoisotopic (exact) mass is 289 g/mol. The summed E-state index contributed by atoms with van der Waals surface area (Å²) in [6.45, 7) is 0.312. The molecule has 1 aromatic rings. The fourth-order valence-electron chi connectivity index (χ4n) is 2.30. The normalized spacial score (nSPS) is 24.6. The summed E-state index contributed by atoms with van der Waals surface area (Å²) >= 11 is 1.73. The molecule has 1 heterocycles. The van der Waals surface area contributed by atoms with Gasteiger partial charge in [0.1, 0.15) is 0 Å². The summed E-state index contributed by atoms with van der Waals surface area (Å²) < 4.78 is 27.2. The highest BCUT2D eigenvalue weighted by Gasteiger charge is 2.30. The molecule has 1 saturated carbocycles. The Kier molecular flexibility index (Phi) is 4.37. The van der Waals surface area contributed by atoms with Gasteiger partial charge in [-0.05, 0) is 25.2 Å². The molecule has 0 aromatic carbocycles. The van der Waals surface area contributed by atoms with Gasteiger partial charge in [-0.1, -0.05) is 6.42 Å². The van der Waals surface area contributed by atoms with E-state index in [0.29, 0.717) is 11.8 Å². The van der Waals surface area contributed by atoms with E-state index >= 15 is 0 Å². The SMILES string of the molecule is CSC1CCCC1NS(=O)(=O)c1c[nH]c(CN)c1. The number of nitrogens with two attached hydrogens (primary N) is 1. The van der Waals surface area contributed by atoms with Gasteiger partial charge in [0, 0.05) is 29.7 Å². The number of aromatic amines is 1. The standard InChI is InChI=1S/C11H19N3O2S2/c1-17-11-4-2-3-10(11)14-18(15,16)9-5-8(6-12)13-7-9/h5,7,10-11,13-14H,2-4,6,12H2,1H3. The number of thioether (sulfide) groups is 1. The van der Waals surface area contributed by atoms with E-state index in [1.165, 1.54) is 6.20 Å². The Morgan fingerprint density at radius 3 is 2.94 bits per heavy atom. The molecule has 0 bridgehead atoms. The van der Waals surface area contributed by atoms with Crippen LogP contribution in [0.4, 0.5) is 0 Å². The maximum Gasteiger partial charge on any atom is 0.242 e. The number of sulfonamides is 1. The van der Waals surface area contributed by atoms with Crippen molar-refractivity contribution in [3.05, 3.63) is 18.0 Å². The molecule has 0 spiro atoms. The molecular formula is C11H19N3O2S2. The molecule has 0 saturated heterocycles. The fraction of sp³-hybridized carbons (Fsp3) is 0.636. The molecule has 4 N–H and O–H groups in total. The lowest BCUT2D eigenvalue weighted by Gasteiger charge is -2.18. The number of H-pyrrole nitrogens is 1. The zero-order valence-corrected chi connectivity index (χ0v) is 12.0. The van der Waals surface area contributed by atoms with E-state index < -0.39 is 10.0 Å². The van der Waals surface area contributed by atoms with Crippen LogP contribution in [0.2, 0.25) is 0 Å². The van der Waals surface area contributed by atoms with Crippen LogP contribution < -0.4 is 10.5 Å². The van der Waals surface area contributed by atoms with Crippen molar-refractivity contribution in [1.29, 1.82) is 0 Å². The summed E-state index contributed by atoms with van der Waals surface area (Å²) in [7, 11) is -3.43. The van der Waals surface area contributed by atoms with E-state index in [2.05, 4.69) is 9.71 Å². The lowest BCUT2D eigenvalue weighted by atomic mass is 10.3. The van der Waals surface area contributed by atoms with Gasteiger partial charge in [-0.25, -0.2) is 13.1 Å². The van der Waals surface area contributed by atoms with Crippen LogP contribution in [0.3, 0.4) is 0 Å². The highest BCUT2D eigenvalue weighted by Crippen LogP contribution is 2.29. The molecule has 5 nitrogen and oxygen atoms in total. The lowest BCUT2D eigenvalue weighted by Crippen LogP contribution is -2.38. The molecule has 2 atom stereocenters. The zero-order chi connectivity index (χ0) is 13.2. The second kappa shape index (κ2) is 5.64. The van der Waals surface area contributed by atoms with Crippen molar-refractivity contribution >= 4 is 21.8 Å². The van der Waals surface area contributed by atoms with Gasteiger partial charge in [0.25, 0.3) is 0 Å². The Hall–Kier alpha value is -0.500. The van der Waals surface area contributed by atoms with Crippen molar-refractivity contribution in [2.45, 2.75) is 42.0 Å². The van der Waals surface area contributed by atoms with Gasteiger partial charge in [-0.15, -0.1) is 0 Å². The summed E-state index contributed by atoms with van der Waals surface area (Å²) in [5.74, 6) is 0. The Morgan fingerprint density at radius 1 is 1.56 bits per heavy atom. The number of nitrogens with one attached hydrogen (secondary N) is 2. The van der Waals surface area contributed by atoms with E-state index in [-0.39, 0.29) is 10.9 Å². The van der Waals surface area contributed by atoms with Crippen molar-refractivity contribution in [2.24, 2.45) is 5.73 Å². The van der Waals surface area contributed by atoms with Gasteiger partial charge in [-0.3, -0.25) is 0 Å². The van der Waals surface area contributed by atoms with Gasteiger partial charge in [-0.2, -0.15) is 11.8 Å². The molecule has 1 aliphatic carbocycles. The van der Waals surface area contributed by atoms with Crippen LogP contribution in [0.1, 0.15) is 25.0 Å². The zero-order valence-electron chi connectivity index (χ0n) is 10.3. The first-order valence-electron chi connectivity index (χ1n) is 5.99. The van der Waals surface area contributed by atoms with Crippen molar-refractivity contribution in [3.63, 3.8) is 0 Å². The van der Waals surface area contributed by atoms with Crippen molar-refractivity contribution in [3.8, 4) is 0 Å². The van der Waals surface area contributed by atoms with Crippen LogP contribution in [0.15, 0.2) is 17.2 Å². The van der Waals surface area contributed by atoms with Gasteiger partial charge < -0.3 is 10.7 Å². The number of aromatic nitrogens is 1. The van der Waals surface area contributed by atoms with Crippen LogP contribution in [0.25, 0.3) is 0 Å². The fourth-order valence-corrected chi connectivity index (χ4v) is 4.65. The Balaban J connectivity index is 2.11. The lowest BCUT2D eigenvalue weighted by molar-refractivity contribution is 0.555. The summed E-state index contributed by atoms with van der Waals surface area (Å²) in [6, 6.07) is 1.63. The minimum atomic E-state index is -3.43. The predicted molar refractivity (Wildman–Crippen MR) is 73.9 cm³/mol. The van der Waals surface area contributed by atoms with Crippen LogP contribution >= 0.6 is 11.8 Å². The summed E-state index contributed by atoms with van der Waals surface area (Å²) in [6.07, 6.45) is 6.60. The summed E-state index contributed by atoms with van der Waals surface area (Å²) in [5.41, 5.74) is 6.19. The molecule has 7 heteroatoms. The molecule has 2 rings (SSSR count). The molecule has 1 fully saturated rings.